The molecular formula is C8H9N2O5S-. The van der Waals surface area contributed by atoms with Crippen LogP contribution in [-0.2, 0) is 11.4 Å². The van der Waals surface area contributed by atoms with Crippen LogP contribution in [0.4, 0.5) is 11.4 Å². The van der Waals surface area contributed by atoms with Crippen molar-refractivity contribution in [3.05, 3.63) is 28.3 Å². The van der Waals surface area contributed by atoms with E-state index >= 15 is 0 Å². The Balaban J connectivity index is 3.09. The largest absolute Gasteiger partial charge is 0.740 e. The molecule has 0 bridgehead atoms. The van der Waals surface area contributed by atoms with E-state index in [0.29, 0.717) is 12.2 Å². The van der Waals surface area contributed by atoms with Gasteiger partial charge < -0.3 is 14.1 Å². The molecule has 1 N–H and O–H groups in total. The monoisotopic (exact) mass is 245 g/mol. The molecule has 0 aliphatic rings. The lowest BCUT2D eigenvalue weighted by atomic mass is 10.2. The summed E-state index contributed by atoms with van der Waals surface area (Å²) in [7, 11) is 0. The smallest absolute Gasteiger partial charge is 0.273 e. The van der Waals surface area contributed by atoms with E-state index in [1.165, 1.54) is 12.1 Å². The molecular weight excluding hydrogens is 236 g/mol. The van der Waals surface area contributed by atoms with Gasteiger partial charge in [-0.2, -0.15) is 0 Å². The van der Waals surface area contributed by atoms with Gasteiger partial charge in [0.15, 0.2) is 5.75 Å². The van der Waals surface area contributed by atoms with E-state index < -0.39 is 16.3 Å². The Morgan fingerprint density at radius 3 is 2.75 bits per heavy atom. The van der Waals surface area contributed by atoms with Crippen molar-refractivity contribution in [2.24, 2.45) is 0 Å². The quantitative estimate of drug-likeness (QED) is 0.474. The zero-order valence-corrected chi connectivity index (χ0v) is 9.15. The first-order chi connectivity index (χ1) is 7.54. The minimum atomic E-state index is -2.76. The van der Waals surface area contributed by atoms with Gasteiger partial charge in [0.2, 0.25) is 0 Å². The third kappa shape index (κ3) is 3.17. The van der Waals surface area contributed by atoms with Gasteiger partial charge >= 0.3 is 0 Å². The fraction of sp³-hybridized carbons (Fsp3) is 0.250. The van der Waals surface area contributed by atoms with Crippen molar-refractivity contribution in [2.75, 3.05) is 11.9 Å². The molecule has 0 fully saturated rings. The van der Waals surface area contributed by atoms with Gasteiger partial charge in [-0.15, -0.1) is 0 Å². The molecule has 1 rings (SSSR count). The van der Waals surface area contributed by atoms with E-state index in [9.17, 15) is 18.9 Å². The van der Waals surface area contributed by atoms with Crippen LogP contribution in [0.25, 0.3) is 0 Å². The molecule has 1 unspecified atom stereocenters. The third-order valence-electron chi connectivity index (χ3n) is 1.70. The van der Waals surface area contributed by atoms with Crippen molar-refractivity contribution in [1.29, 1.82) is 0 Å². The van der Waals surface area contributed by atoms with Crippen molar-refractivity contribution < 1.29 is 17.9 Å². The van der Waals surface area contributed by atoms with Crippen molar-refractivity contribution in [1.82, 2.24) is 0 Å². The molecule has 0 radical (unpaired) electrons. The van der Waals surface area contributed by atoms with E-state index in [2.05, 4.69) is 9.50 Å². The number of non-ortho nitro benzene ring substituents is 1. The number of hydrogen-bond acceptors (Lipinski definition) is 6. The Kier molecular flexibility index (Phi) is 4.20. The van der Waals surface area contributed by atoms with Crippen LogP contribution in [0.1, 0.15) is 6.92 Å². The average Bonchev–Trinajstić information content (AvgIpc) is 2.19. The number of nitrogens with one attached hydrogen (secondary N) is 1. The molecule has 1 atom stereocenters. The highest BCUT2D eigenvalue weighted by atomic mass is 32.2. The van der Waals surface area contributed by atoms with E-state index in [4.69, 9.17) is 0 Å². The van der Waals surface area contributed by atoms with Gasteiger partial charge in [-0.25, -0.2) is 4.21 Å². The number of nitro benzene ring substituents is 1. The van der Waals surface area contributed by atoms with Gasteiger partial charge in [-0.05, 0) is 13.0 Å². The molecule has 0 aromatic heterocycles. The maximum absolute atomic E-state index is 10.5. The number of hydrogen-bond donors (Lipinski definition) is 1. The number of nitro groups is 1. The van der Waals surface area contributed by atoms with Crippen LogP contribution in [0.3, 0.4) is 0 Å². The third-order valence-corrected chi connectivity index (χ3v) is 2.02. The van der Waals surface area contributed by atoms with E-state index in [-0.39, 0.29) is 11.4 Å². The predicted molar refractivity (Wildman–Crippen MR) is 56.8 cm³/mol. The molecule has 16 heavy (non-hydrogen) atoms. The van der Waals surface area contributed by atoms with E-state index in [1.54, 1.807) is 6.92 Å². The summed E-state index contributed by atoms with van der Waals surface area (Å²) >= 11 is -2.76. The summed E-state index contributed by atoms with van der Waals surface area (Å²) in [5.41, 5.74) is 0.152. The van der Waals surface area contributed by atoms with Gasteiger partial charge in [0.05, 0.1) is 16.7 Å². The Morgan fingerprint density at radius 2 is 2.25 bits per heavy atom. The number of nitrogens with zero attached hydrogens (tertiary/aromatic N) is 1. The first kappa shape index (κ1) is 12.4. The maximum Gasteiger partial charge on any atom is 0.273 e. The summed E-state index contributed by atoms with van der Waals surface area (Å²) < 4.78 is 25.2. The Morgan fingerprint density at radius 1 is 1.56 bits per heavy atom. The topological polar surface area (TPSA) is 105 Å². The summed E-state index contributed by atoms with van der Waals surface area (Å²) in [5.74, 6) is -0.0932. The molecule has 0 saturated carbocycles. The van der Waals surface area contributed by atoms with Crippen LogP contribution in [0.15, 0.2) is 18.2 Å². The van der Waals surface area contributed by atoms with Crippen LogP contribution in [0, 0.1) is 10.1 Å². The second kappa shape index (κ2) is 5.42. The fourth-order valence-electron chi connectivity index (χ4n) is 1.10. The van der Waals surface area contributed by atoms with Crippen molar-refractivity contribution in [3.63, 3.8) is 0 Å². The first-order valence-electron chi connectivity index (χ1n) is 4.34. The summed E-state index contributed by atoms with van der Waals surface area (Å²) in [6.07, 6.45) is 0. The van der Waals surface area contributed by atoms with Crippen LogP contribution >= 0.6 is 0 Å². The summed E-state index contributed by atoms with van der Waals surface area (Å²) in [6, 6.07) is 3.70. The first-order valence-corrected chi connectivity index (χ1v) is 5.34. The highest BCUT2D eigenvalue weighted by molar-refractivity contribution is 7.74. The second-order valence-electron chi connectivity index (χ2n) is 2.76. The SMILES string of the molecule is CCNc1ccc([N+](=O)[O-])cc1OS(=O)[O-]. The summed E-state index contributed by atoms with van der Waals surface area (Å²) in [6.45, 7) is 2.35. The molecule has 7 nitrogen and oxygen atoms in total. The molecule has 0 saturated heterocycles. The molecule has 0 heterocycles. The number of anilines is 1. The lowest BCUT2D eigenvalue weighted by molar-refractivity contribution is -0.384. The van der Waals surface area contributed by atoms with Crippen molar-refractivity contribution in [2.45, 2.75) is 6.92 Å². The Labute approximate surface area is 94.1 Å². The molecule has 8 heteroatoms. The average molecular weight is 245 g/mol. The van der Waals surface area contributed by atoms with Crippen LogP contribution < -0.4 is 9.50 Å². The van der Waals surface area contributed by atoms with Crippen LogP contribution in [0.5, 0.6) is 5.75 Å². The normalized spacial score (nSPS) is 11.9. The summed E-state index contributed by atoms with van der Waals surface area (Å²) in [5, 5.41) is 13.3. The van der Waals surface area contributed by atoms with Crippen LogP contribution in [0.2, 0.25) is 0 Å². The minimum Gasteiger partial charge on any atom is -0.740 e. The van der Waals surface area contributed by atoms with Crippen LogP contribution in [-0.4, -0.2) is 20.2 Å². The van der Waals surface area contributed by atoms with Gasteiger partial charge in [0, 0.05) is 12.6 Å². The van der Waals surface area contributed by atoms with Crippen molar-refractivity contribution >= 4 is 22.7 Å². The highest BCUT2D eigenvalue weighted by Gasteiger charge is 2.11. The molecule has 0 aliphatic carbocycles. The molecule has 0 spiro atoms. The molecule has 0 aliphatic heterocycles. The highest BCUT2D eigenvalue weighted by Crippen LogP contribution is 2.29. The van der Waals surface area contributed by atoms with Gasteiger partial charge in [-0.1, -0.05) is 0 Å². The summed E-state index contributed by atoms with van der Waals surface area (Å²) in [4.78, 5) is 9.86. The maximum atomic E-state index is 10.5. The van der Waals surface area contributed by atoms with Crippen molar-refractivity contribution in [3.8, 4) is 5.75 Å². The fourth-order valence-corrected chi connectivity index (χ4v) is 1.39. The number of benzene rings is 1. The van der Waals surface area contributed by atoms with E-state index in [0.717, 1.165) is 6.07 Å². The predicted octanol–water partition coefficient (Wildman–Crippen LogP) is 1.20. The molecule has 88 valence electrons. The Bertz CT molecular complexity index is 423. The Hall–Kier alpha value is -1.67. The van der Waals surface area contributed by atoms with E-state index in [1.807, 2.05) is 0 Å². The molecule has 1 aromatic rings. The molecule has 1 aromatic carbocycles. The number of rotatable bonds is 5. The lowest BCUT2D eigenvalue weighted by Gasteiger charge is -2.12. The minimum absolute atomic E-state index is 0.0932. The van der Waals surface area contributed by atoms with Gasteiger partial charge in [0.25, 0.3) is 5.69 Å². The standard InChI is InChI=1S/C8H10N2O5S/c1-2-9-7-4-3-6(10(11)12)5-8(7)15-16(13)14/h3-5,9H,2H2,1H3,(H,13,14)/p-1. The van der Waals surface area contributed by atoms with Gasteiger partial charge in [-0.3, -0.25) is 10.1 Å². The zero-order chi connectivity index (χ0) is 12.1. The zero-order valence-electron chi connectivity index (χ0n) is 8.34. The molecule has 0 amide bonds. The second-order valence-corrected chi connectivity index (χ2v) is 3.33. The lowest BCUT2D eigenvalue weighted by Crippen LogP contribution is -2.04. The van der Waals surface area contributed by atoms with Gasteiger partial charge in [0.1, 0.15) is 11.4 Å².